The largest absolute Gasteiger partial charge is 0.508 e. The number of phenolic OH excluding ortho intramolecular Hbond substituents is 3. The van der Waals surface area contributed by atoms with Gasteiger partial charge < -0.3 is 15.3 Å². The van der Waals surface area contributed by atoms with Crippen LogP contribution in [0.15, 0.2) is 54.1 Å². The van der Waals surface area contributed by atoms with Gasteiger partial charge in [-0.2, -0.15) is 0 Å². The third-order valence-corrected chi connectivity index (χ3v) is 3.21. The predicted octanol–water partition coefficient (Wildman–Crippen LogP) is 4.21. The Balaban J connectivity index is 2.51. The van der Waals surface area contributed by atoms with Crippen LogP contribution in [0.2, 0.25) is 0 Å². The van der Waals surface area contributed by atoms with E-state index in [1.165, 1.54) is 30.3 Å². The Kier molecular flexibility index (Phi) is 2.92. The molecule has 0 aromatic heterocycles. The molecule has 4 heteroatoms. The predicted molar refractivity (Wildman–Crippen MR) is 94.4 cm³/mol. The Labute approximate surface area is 152 Å². The standard InChI is InChI=1S/C20H20O4/c1-13(2)3-9-16-19(23)12-10-17(20(16)24)18(22)11-6-14-4-7-15(21)8-5-14/h3-8,10-12,21,23-24H,9H2,1-2H3/b11-6+/i1D3,2D3,3D,12D. The van der Waals surface area contributed by atoms with E-state index in [1.54, 1.807) is 0 Å². The molecule has 0 atom stereocenters. The highest BCUT2D eigenvalue weighted by atomic mass is 16.3. The molecule has 0 fully saturated rings. The van der Waals surface area contributed by atoms with Crippen molar-refractivity contribution < 1.29 is 31.1 Å². The van der Waals surface area contributed by atoms with E-state index >= 15 is 0 Å². The maximum atomic E-state index is 12.6. The van der Waals surface area contributed by atoms with Gasteiger partial charge in [-0.1, -0.05) is 29.8 Å². The maximum absolute atomic E-state index is 12.6. The van der Waals surface area contributed by atoms with Gasteiger partial charge in [-0.25, -0.2) is 0 Å². The van der Waals surface area contributed by atoms with Gasteiger partial charge in [-0.15, -0.1) is 0 Å². The fraction of sp³-hybridized carbons (Fsp3) is 0.150. The molecular formula is C20H20O4. The van der Waals surface area contributed by atoms with Crippen molar-refractivity contribution in [2.75, 3.05) is 0 Å². The Hall–Kier alpha value is -3.01. The number of aromatic hydroxyl groups is 3. The lowest BCUT2D eigenvalue weighted by atomic mass is 10.0. The fourth-order valence-electron chi connectivity index (χ4n) is 1.95. The summed E-state index contributed by atoms with van der Waals surface area (Å²) in [6.07, 6.45) is 1.64. The molecule has 4 nitrogen and oxygen atoms in total. The van der Waals surface area contributed by atoms with Crippen LogP contribution in [-0.4, -0.2) is 21.1 Å². The van der Waals surface area contributed by atoms with E-state index in [0.717, 1.165) is 12.1 Å². The van der Waals surface area contributed by atoms with E-state index in [0.29, 0.717) is 5.56 Å². The van der Waals surface area contributed by atoms with Crippen molar-refractivity contribution in [2.24, 2.45) is 0 Å². The highest BCUT2D eigenvalue weighted by Gasteiger charge is 2.15. The first-order chi connectivity index (χ1) is 14.6. The van der Waals surface area contributed by atoms with Gasteiger partial charge in [0.2, 0.25) is 0 Å². The van der Waals surface area contributed by atoms with Crippen LogP contribution in [0.5, 0.6) is 17.2 Å². The SMILES string of the molecule is [2H]C(Cc1c(O)c([2H])cc(C(=O)/C=C/c2ccc(O)cc2)c1O)=C(C([2H])([2H])[2H])C([2H])([2H])[2H]. The van der Waals surface area contributed by atoms with Crippen LogP contribution in [0.4, 0.5) is 0 Å². The average Bonchev–Trinajstić information content (AvgIpc) is 2.65. The maximum Gasteiger partial charge on any atom is 0.189 e. The molecule has 0 aliphatic heterocycles. The second kappa shape index (κ2) is 7.51. The minimum absolute atomic E-state index is 0.0286. The molecular weight excluding hydrogens is 304 g/mol. The summed E-state index contributed by atoms with van der Waals surface area (Å²) in [6, 6.07) is 5.30. The van der Waals surface area contributed by atoms with E-state index in [1.807, 2.05) is 0 Å². The Morgan fingerprint density at radius 3 is 2.58 bits per heavy atom. The van der Waals surface area contributed by atoms with Gasteiger partial charge in [0, 0.05) is 13.8 Å². The summed E-state index contributed by atoms with van der Waals surface area (Å²) in [5.74, 6) is -2.32. The van der Waals surface area contributed by atoms with Crippen molar-refractivity contribution in [3.63, 3.8) is 0 Å². The van der Waals surface area contributed by atoms with Crippen LogP contribution in [0.3, 0.4) is 0 Å². The molecule has 0 aliphatic rings. The minimum atomic E-state index is -3.13. The second-order valence-corrected chi connectivity index (χ2v) is 4.90. The molecule has 0 saturated heterocycles. The zero-order chi connectivity index (χ0) is 24.4. The molecule has 0 spiro atoms. The highest BCUT2D eigenvalue weighted by Crippen LogP contribution is 2.32. The van der Waals surface area contributed by atoms with E-state index in [2.05, 4.69) is 0 Å². The van der Waals surface area contributed by atoms with Gasteiger partial charge in [0.15, 0.2) is 5.78 Å². The molecule has 24 heavy (non-hydrogen) atoms. The zero-order valence-electron chi connectivity index (χ0n) is 20.5. The van der Waals surface area contributed by atoms with Gasteiger partial charge in [-0.05, 0) is 56.0 Å². The highest BCUT2D eigenvalue weighted by molar-refractivity contribution is 6.09. The Morgan fingerprint density at radius 2 is 1.92 bits per heavy atom. The zero-order valence-corrected chi connectivity index (χ0v) is 12.5. The topological polar surface area (TPSA) is 77.8 Å². The molecule has 124 valence electrons. The summed E-state index contributed by atoms with van der Waals surface area (Å²) < 4.78 is 60.3. The normalized spacial score (nSPS) is 16.7. The number of hydrogen-bond acceptors (Lipinski definition) is 4. The smallest absolute Gasteiger partial charge is 0.189 e. The molecule has 2 aromatic carbocycles. The van der Waals surface area contributed by atoms with Crippen molar-refractivity contribution in [2.45, 2.75) is 20.1 Å². The first-order valence-corrected chi connectivity index (χ1v) is 6.89. The van der Waals surface area contributed by atoms with Crippen molar-refractivity contribution in [1.82, 2.24) is 0 Å². The van der Waals surface area contributed by atoms with E-state index < -0.39 is 66.2 Å². The molecule has 0 amide bonds. The molecule has 0 aliphatic carbocycles. The number of carbonyl (C=O) groups excluding carboxylic acids is 1. The fourth-order valence-corrected chi connectivity index (χ4v) is 1.95. The molecule has 0 bridgehead atoms. The van der Waals surface area contributed by atoms with Gasteiger partial charge >= 0.3 is 0 Å². The molecule has 2 aromatic rings. The number of benzene rings is 2. The number of ketones is 1. The monoisotopic (exact) mass is 332 g/mol. The lowest BCUT2D eigenvalue weighted by Gasteiger charge is -2.09. The lowest BCUT2D eigenvalue weighted by molar-refractivity contribution is 0.104. The number of carbonyl (C=O) groups is 1. The third-order valence-electron chi connectivity index (χ3n) is 3.21. The molecule has 0 unspecified atom stereocenters. The van der Waals surface area contributed by atoms with Crippen LogP contribution in [0.25, 0.3) is 6.08 Å². The number of rotatable bonds is 5. The first-order valence-electron chi connectivity index (χ1n) is 10.9. The molecule has 2 rings (SSSR count). The van der Waals surface area contributed by atoms with Crippen LogP contribution >= 0.6 is 0 Å². The van der Waals surface area contributed by atoms with E-state index in [-0.39, 0.29) is 5.75 Å². The molecule has 0 saturated carbocycles. The summed E-state index contributed by atoms with van der Waals surface area (Å²) in [5.41, 5.74) is -1.48. The lowest BCUT2D eigenvalue weighted by Crippen LogP contribution is -1.98. The van der Waals surface area contributed by atoms with Crippen LogP contribution in [0.1, 0.15) is 46.2 Å². The third kappa shape index (κ3) is 4.26. The quantitative estimate of drug-likeness (QED) is 0.435. The van der Waals surface area contributed by atoms with Crippen molar-refractivity contribution in [3.05, 3.63) is 70.8 Å². The van der Waals surface area contributed by atoms with Crippen molar-refractivity contribution in [1.29, 1.82) is 0 Å². The van der Waals surface area contributed by atoms with Crippen LogP contribution < -0.4 is 0 Å². The number of phenols is 3. The van der Waals surface area contributed by atoms with Gasteiger partial charge in [0.1, 0.15) is 17.2 Å². The van der Waals surface area contributed by atoms with Crippen molar-refractivity contribution >= 4 is 11.9 Å². The van der Waals surface area contributed by atoms with Crippen molar-refractivity contribution in [3.8, 4) is 17.2 Å². The molecule has 3 N–H and O–H groups in total. The Morgan fingerprint density at radius 1 is 1.21 bits per heavy atom. The summed E-state index contributed by atoms with van der Waals surface area (Å²) in [7, 11) is 0. The van der Waals surface area contributed by atoms with E-state index in [4.69, 9.17) is 11.0 Å². The molecule has 0 radical (unpaired) electrons. The first kappa shape index (κ1) is 9.33. The van der Waals surface area contributed by atoms with Crippen LogP contribution in [-0.2, 0) is 6.42 Å². The second-order valence-electron chi connectivity index (χ2n) is 4.90. The van der Waals surface area contributed by atoms with E-state index in [9.17, 15) is 20.1 Å². The van der Waals surface area contributed by atoms with Gasteiger partial charge in [0.25, 0.3) is 0 Å². The van der Waals surface area contributed by atoms with Crippen LogP contribution in [0, 0.1) is 0 Å². The summed E-state index contributed by atoms with van der Waals surface area (Å²) in [6.45, 7) is -6.25. The summed E-state index contributed by atoms with van der Waals surface area (Å²) in [4.78, 5) is 12.6. The summed E-state index contributed by atoms with van der Waals surface area (Å²) in [5, 5.41) is 30.0. The number of hydrogen-bond donors (Lipinski definition) is 3. The minimum Gasteiger partial charge on any atom is -0.508 e. The van der Waals surface area contributed by atoms with Gasteiger partial charge in [-0.3, -0.25) is 4.79 Å². The average molecular weight is 332 g/mol. The van der Waals surface area contributed by atoms with Gasteiger partial charge in [0.05, 0.1) is 8.30 Å². The number of allylic oxidation sites excluding steroid dienone is 3. The Bertz CT molecular complexity index is 1060. The summed E-state index contributed by atoms with van der Waals surface area (Å²) >= 11 is 0. The molecule has 0 heterocycles.